The second kappa shape index (κ2) is 3.88. The molecule has 0 bridgehead atoms. The van der Waals surface area contributed by atoms with E-state index < -0.39 is 6.03 Å². The summed E-state index contributed by atoms with van der Waals surface area (Å²) in [6.07, 6.45) is 0. The van der Waals surface area contributed by atoms with Gasteiger partial charge in [0.05, 0.1) is 5.92 Å². The van der Waals surface area contributed by atoms with Crippen molar-refractivity contribution in [1.82, 2.24) is 16.0 Å². The van der Waals surface area contributed by atoms with Gasteiger partial charge in [-0.1, -0.05) is 0 Å². The maximum Gasteiger partial charge on any atom is 0.321 e. The molecule has 0 radical (unpaired) electrons. The molecular formula is C7H11N3O3. The first-order valence-electron chi connectivity index (χ1n) is 3.92. The molecule has 13 heavy (non-hydrogen) atoms. The summed E-state index contributed by atoms with van der Waals surface area (Å²) >= 11 is 0. The minimum atomic E-state index is -0.482. The Labute approximate surface area is 75.1 Å². The van der Waals surface area contributed by atoms with E-state index in [0.29, 0.717) is 0 Å². The van der Waals surface area contributed by atoms with Crippen molar-refractivity contribution in [2.24, 2.45) is 5.92 Å². The third kappa shape index (κ3) is 2.73. The van der Waals surface area contributed by atoms with Gasteiger partial charge in [0, 0.05) is 20.0 Å². The molecule has 0 saturated carbocycles. The molecule has 1 aliphatic heterocycles. The van der Waals surface area contributed by atoms with Gasteiger partial charge in [-0.15, -0.1) is 0 Å². The molecule has 0 spiro atoms. The van der Waals surface area contributed by atoms with Crippen LogP contribution < -0.4 is 16.0 Å². The van der Waals surface area contributed by atoms with Crippen LogP contribution in [0.2, 0.25) is 0 Å². The normalized spacial score (nSPS) is 21.8. The number of nitrogens with one attached hydrogen (secondary N) is 3. The molecule has 1 rings (SSSR count). The van der Waals surface area contributed by atoms with E-state index in [2.05, 4.69) is 16.0 Å². The summed E-state index contributed by atoms with van der Waals surface area (Å²) in [6.45, 7) is 1.89. The van der Waals surface area contributed by atoms with Gasteiger partial charge in [-0.2, -0.15) is 0 Å². The topological polar surface area (TPSA) is 87.3 Å². The lowest BCUT2D eigenvalue weighted by Gasteiger charge is -2.21. The quantitative estimate of drug-likeness (QED) is 0.493. The molecule has 0 aromatic rings. The van der Waals surface area contributed by atoms with Crippen molar-refractivity contribution in [3.63, 3.8) is 0 Å². The lowest BCUT2D eigenvalue weighted by molar-refractivity contribution is -0.125. The van der Waals surface area contributed by atoms with Crippen molar-refractivity contribution >= 4 is 17.8 Å². The number of carbonyl (C=O) groups is 3. The monoisotopic (exact) mass is 185 g/mol. The van der Waals surface area contributed by atoms with Crippen LogP contribution in [0, 0.1) is 5.92 Å². The van der Waals surface area contributed by atoms with Gasteiger partial charge in [0.25, 0.3) is 0 Å². The molecule has 0 aliphatic carbocycles. The van der Waals surface area contributed by atoms with Crippen LogP contribution in [0.5, 0.6) is 0 Å². The van der Waals surface area contributed by atoms with E-state index in [1.807, 2.05) is 0 Å². The van der Waals surface area contributed by atoms with Crippen LogP contribution in [0.4, 0.5) is 4.79 Å². The summed E-state index contributed by atoms with van der Waals surface area (Å²) < 4.78 is 0. The van der Waals surface area contributed by atoms with Crippen LogP contribution in [0.15, 0.2) is 0 Å². The fraction of sp³-hybridized carbons (Fsp3) is 0.571. The van der Waals surface area contributed by atoms with Crippen LogP contribution in [0.1, 0.15) is 6.92 Å². The lowest BCUT2D eigenvalue weighted by atomic mass is 10.1. The van der Waals surface area contributed by atoms with E-state index in [9.17, 15) is 14.4 Å². The fourth-order valence-corrected chi connectivity index (χ4v) is 0.999. The third-order valence-corrected chi connectivity index (χ3v) is 1.71. The highest BCUT2D eigenvalue weighted by Gasteiger charge is 2.25. The maximum absolute atomic E-state index is 11.1. The van der Waals surface area contributed by atoms with E-state index >= 15 is 0 Å². The van der Waals surface area contributed by atoms with E-state index in [1.54, 1.807) is 0 Å². The Morgan fingerprint density at radius 2 is 2.31 bits per heavy atom. The number of hydrogen-bond acceptors (Lipinski definition) is 3. The zero-order valence-corrected chi connectivity index (χ0v) is 7.22. The molecule has 1 aliphatic rings. The van der Waals surface area contributed by atoms with Crippen molar-refractivity contribution in [3.8, 4) is 0 Å². The molecule has 6 heteroatoms. The molecule has 3 N–H and O–H groups in total. The molecule has 6 nitrogen and oxygen atoms in total. The molecule has 1 atom stereocenters. The summed E-state index contributed by atoms with van der Waals surface area (Å²) in [6, 6.07) is -0.482. The largest absolute Gasteiger partial charge is 0.355 e. The highest BCUT2D eigenvalue weighted by Crippen LogP contribution is 1.97. The van der Waals surface area contributed by atoms with Gasteiger partial charge in [-0.3, -0.25) is 14.9 Å². The predicted octanol–water partition coefficient (Wildman–Crippen LogP) is -1.42. The summed E-state index contributed by atoms with van der Waals surface area (Å²) in [7, 11) is 0. The second-order valence-electron chi connectivity index (χ2n) is 2.83. The van der Waals surface area contributed by atoms with Crippen molar-refractivity contribution in [2.75, 3.05) is 13.1 Å². The minimum Gasteiger partial charge on any atom is -0.355 e. The van der Waals surface area contributed by atoms with Crippen molar-refractivity contribution in [2.45, 2.75) is 6.92 Å². The predicted molar refractivity (Wildman–Crippen MR) is 43.7 cm³/mol. The Morgan fingerprint density at radius 1 is 1.62 bits per heavy atom. The molecule has 0 aromatic carbocycles. The number of urea groups is 1. The van der Waals surface area contributed by atoms with Crippen molar-refractivity contribution in [3.05, 3.63) is 0 Å². The van der Waals surface area contributed by atoms with Crippen molar-refractivity contribution < 1.29 is 14.4 Å². The van der Waals surface area contributed by atoms with Gasteiger partial charge in [-0.25, -0.2) is 4.79 Å². The van der Waals surface area contributed by atoms with Gasteiger partial charge < -0.3 is 10.6 Å². The Hall–Kier alpha value is -1.59. The standard InChI is InChI=1S/C7H11N3O3/c1-4(11)8-2-5-3-9-7(13)10-6(5)12/h5H,2-3H2,1H3,(H,8,11)(H2,9,10,12,13). The SMILES string of the molecule is CC(=O)NCC1CNC(=O)NC1=O. The van der Waals surface area contributed by atoms with E-state index in [1.165, 1.54) is 6.92 Å². The van der Waals surface area contributed by atoms with Gasteiger partial charge >= 0.3 is 6.03 Å². The average molecular weight is 185 g/mol. The lowest BCUT2D eigenvalue weighted by Crippen LogP contribution is -2.54. The van der Waals surface area contributed by atoms with E-state index in [4.69, 9.17) is 0 Å². The van der Waals surface area contributed by atoms with E-state index in [0.717, 1.165) is 0 Å². The number of imide groups is 1. The molecule has 4 amide bonds. The first kappa shape index (κ1) is 9.50. The Balaban J connectivity index is 2.38. The average Bonchev–Trinajstić information content (AvgIpc) is 2.02. The number of hydrogen-bond donors (Lipinski definition) is 3. The zero-order chi connectivity index (χ0) is 9.84. The Morgan fingerprint density at radius 3 is 2.85 bits per heavy atom. The highest BCUT2D eigenvalue weighted by molar-refractivity contribution is 5.98. The summed E-state index contributed by atoms with van der Waals surface area (Å²) in [5, 5.41) is 7.09. The van der Waals surface area contributed by atoms with Crippen molar-refractivity contribution in [1.29, 1.82) is 0 Å². The van der Waals surface area contributed by atoms with Crippen LogP contribution in [-0.4, -0.2) is 30.9 Å². The maximum atomic E-state index is 11.1. The Bertz CT molecular complexity index is 251. The smallest absolute Gasteiger partial charge is 0.321 e. The molecule has 72 valence electrons. The third-order valence-electron chi connectivity index (χ3n) is 1.71. The van der Waals surface area contributed by atoms with Gasteiger partial charge in [0.15, 0.2) is 0 Å². The minimum absolute atomic E-state index is 0.190. The van der Waals surface area contributed by atoms with Gasteiger partial charge in [0.2, 0.25) is 11.8 Å². The molecule has 0 aromatic heterocycles. The summed E-state index contributed by atoms with van der Waals surface area (Å²) in [5.41, 5.74) is 0. The Kier molecular flexibility index (Phi) is 2.84. The zero-order valence-electron chi connectivity index (χ0n) is 7.22. The number of amides is 4. The second-order valence-corrected chi connectivity index (χ2v) is 2.83. The van der Waals surface area contributed by atoms with Crippen LogP contribution in [0.25, 0.3) is 0 Å². The van der Waals surface area contributed by atoms with Gasteiger partial charge in [0.1, 0.15) is 0 Å². The van der Waals surface area contributed by atoms with Crippen LogP contribution >= 0.6 is 0 Å². The number of rotatable bonds is 2. The summed E-state index contributed by atoms with van der Waals surface area (Å²) in [4.78, 5) is 32.2. The molecule has 1 unspecified atom stereocenters. The molecule has 1 fully saturated rings. The first-order valence-corrected chi connectivity index (χ1v) is 3.92. The van der Waals surface area contributed by atoms with Crippen LogP contribution in [0.3, 0.4) is 0 Å². The van der Waals surface area contributed by atoms with Gasteiger partial charge in [-0.05, 0) is 0 Å². The molecular weight excluding hydrogens is 174 g/mol. The number of carbonyl (C=O) groups excluding carboxylic acids is 3. The summed E-state index contributed by atoms with van der Waals surface area (Å²) in [5.74, 6) is -0.913. The first-order chi connectivity index (χ1) is 6.09. The van der Waals surface area contributed by atoms with Crippen LogP contribution in [-0.2, 0) is 9.59 Å². The fourth-order valence-electron chi connectivity index (χ4n) is 0.999. The van der Waals surface area contributed by atoms with E-state index in [-0.39, 0.29) is 30.8 Å². The highest BCUT2D eigenvalue weighted by atomic mass is 16.2. The molecule has 1 heterocycles. The molecule has 1 saturated heterocycles.